The number of halogens is 1. The molecule has 0 fully saturated rings. The largest absolute Gasteiger partial charge is 0.468 e. The van der Waals surface area contributed by atoms with Gasteiger partial charge in [-0.25, -0.2) is 0 Å². The zero-order chi connectivity index (χ0) is 22.2. The summed E-state index contributed by atoms with van der Waals surface area (Å²) < 4.78 is 9.92. The number of esters is 2. The van der Waals surface area contributed by atoms with Crippen molar-refractivity contribution in [2.24, 2.45) is 5.92 Å². The summed E-state index contributed by atoms with van der Waals surface area (Å²) in [6.45, 7) is 0. The Balaban J connectivity index is 2.24. The standard InChI is InChI=1S/C26H23ClO4/c1-30-25(28)24(26(29)31-2)23(20-13-15-21(27)16-14-20)17-22(18-9-5-3-6-10-18)19-11-7-4-8-12-19/h3-17,23-24H,1-2H3. The molecule has 31 heavy (non-hydrogen) atoms. The van der Waals surface area contributed by atoms with Crippen molar-refractivity contribution in [3.8, 4) is 0 Å². The maximum absolute atomic E-state index is 12.7. The van der Waals surface area contributed by atoms with E-state index in [1.807, 2.05) is 66.7 Å². The Hall–Kier alpha value is -3.37. The third-order valence-electron chi connectivity index (χ3n) is 5.04. The van der Waals surface area contributed by atoms with Crippen molar-refractivity contribution in [1.29, 1.82) is 0 Å². The second-order valence-electron chi connectivity index (χ2n) is 6.91. The number of methoxy groups -OCH3 is 2. The van der Waals surface area contributed by atoms with E-state index in [4.69, 9.17) is 21.1 Å². The summed E-state index contributed by atoms with van der Waals surface area (Å²) in [5.74, 6) is -3.13. The second-order valence-corrected chi connectivity index (χ2v) is 7.35. The first kappa shape index (κ1) is 22.3. The third-order valence-corrected chi connectivity index (χ3v) is 5.29. The minimum Gasteiger partial charge on any atom is -0.468 e. The van der Waals surface area contributed by atoms with E-state index >= 15 is 0 Å². The number of rotatable bonds is 7. The van der Waals surface area contributed by atoms with Gasteiger partial charge >= 0.3 is 11.9 Å². The van der Waals surface area contributed by atoms with Crippen LogP contribution < -0.4 is 0 Å². The fraction of sp³-hybridized carbons (Fsp3) is 0.154. The molecule has 1 atom stereocenters. The van der Waals surface area contributed by atoms with Gasteiger partial charge in [-0.15, -0.1) is 0 Å². The number of hydrogen-bond acceptors (Lipinski definition) is 4. The second kappa shape index (κ2) is 10.6. The van der Waals surface area contributed by atoms with E-state index in [-0.39, 0.29) is 0 Å². The van der Waals surface area contributed by atoms with Crippen molar-refractivity contribution < 1.29 is 19.1 Å². The van der Waals surface area contributed by atoms with Crippen molar-refractivity contribution in [2.45, 2.75) is 5.92 Å². The van der Waals surface area contributed by atoms with Crippen LogP contribution in [0.15, 0.2) is 91.0 Å². The van der Waals surface area contributed by atoms with Crippen LogP contribution in [-0.4, -0.2) is 26.2 Å². The monoisotopic (exact) mass is 434 g/mol. The van der Waals surface area contributed by atoms with Gasteiger partial charge in [0.1, 0.15) is 0 Å². The molecule has 0 amide bonds. The van der Waals surface area contributed by atoms with Crippen LogP contribution in [0.2, 0.25) is 5.02 Å². The lowest BCUT2D eigenvalue weighted by molar-refractivity contribution is -0.159. The Bertz CT molecular complexity index is 986. The molecule has 0 aromatic heterocycles. The van der Waals surface area contributed by atoms with Crippen LogP contribution in [0.5, 0.6) is 0 Å². The van der Waals surface area contributed by atoms with Gasteiger partial charge in [-0.1, -0.05) is 90.5 Å². The van der Waals surface area contributed by atoms with Crippen molar-refractivity contribution >= 4 is 29.1 Å². The number of allylic oxidation sites excluding steroid dienone is 1. The van der Waals surface area contributed by atoms with E-state index in [0.717, 1.165) is 22.3 Å². The summed E-state index contributed by atoms with van der Waals surface area (Å²) in [5.41, 5.74) is 3.55. The first-order valence-electron chi connectivity index (χ1n) is 9.79. The van der Waals surface area contributed by atoms with Gasteiger partial charge < -0.3 is 9.47 Å². The van der Waals surface area contributed by atoms with Gasteiger partial charge in [-0.2, -0.15) is 0 Å². The minimum absolute atomic E-state index is 0.561. The molecule has 0 aliphatic carbocycles. The first-order chi connectivity index (χ1) is 15.0. The maximum atomic E-state index is 12.7. The molecule has 158 valence electrons. The first-order valence-corrected chi connectivity index (χ1v) is 10.2. The smallest absolute Gasteiger partial charge is 0.321 e. The third kappa shape index (κ3) is 5.41. The summed E-state index contributed by atoms with van der Waals surface area (Å²) in [5, 5.41) is 0.561. The molecule has 1 unspecified atom stereocenters. The van der Waals surface area contributed by atoms with Gasteiger partial charge in [0.05, 0.1) is 14.2 Å². The zero-order valence-electron chi connectivity index (χ0n) is 17.3. The quantitative estimate of drug-likeness (QED) is 0.363. The lowest BCUT2D eigenvalue weighted by atomic mass is 9.82. The summed E-state index contributed by atoms with van der Waals surface area (Å²) in [6, 6.07) is 26.7. The molecule has 0 bridgehead atoms. The molecule has 3 aromatic carbocycles. The van der Waals surface area contributed by atoms with Crippen molar-refractivity contribution in [3.63, 3.8) is 0 Å². The fourth-order valence-corrected chi connectivity index (χ4v) is 3.61. The lowest BCUT2D eigenvalue weighted by Crippen LogP contribution is -2.31. The molecule has 3 rings (SSSR count). The highest BCUT2D eigenvalue weighted by molar-refractivity contribution is 6.30. The average molecular weight is 435 g/mol. The summed E-state index contributed by atoms with van der Waals surface area (Å²) in [4.78, 5) is 25.3. The summed E-state index contributed by atoms with van der Waals surface area (Å²) >= 11 is 6.07. The molecular formula is C26H23ClO4. The molecule has 5 heteroatoms. The van der Waals surface area contributed by atoms with Gasteiger partial charge in [-0.05, 0) is 34.4 Å². The molecule has 3 aromatic rings. The summed E-state index contributed by atoms with van der Waals surface area (Å²) in [7, 11) is 2.52. The van der Waals surface area contributed by atoms with Gasteiger partial charge in [0.15, 0.2) is 5.92 Å². The van der Waals surface area contributed by atoms with Crippen molar-refractivity contribution in [1.82, 2.24) is 0 Å². The van der Waals surface area contributed by atoms with Crippen LogP contribution >= 0.6 is 11.6 Å². The molecule has 0 spiro atoms. The molecule has 4 nitrogen and oxygen atoms in total. The molecule has 0 N–H and O–H groups in total. The van der Waals surface area contributed by atoms with Crippen molar-refractivity contribution in [2.75, 3.05) is 14.2 Å². The number of hydrogen-bond donors (Lipinski definition) is 0. The predicted octanol–water partition coefficient (Wildman–Crippen LogP) is 5.52. The lowest BCUT2D eigenvalue weighted by Gasteiger charge is -2.23. The van der Waals surface area contributed by atoms with Gasteiger partial charge in [0, 0.05) is 10.9 Å². The van der Waals surface area contributed by atoms with E-state index in [1.54, 1.807) is 24.3 Å². The van der Waals surface area contributed by atoms with E-state index in [1.165, 1.54) is 14.2 Å². The SMILES string of the molecule is COC(=O)C(C(=O)OC)C(C=C(c1ccccc1)c1ccccc1)c1ccc(Cl)cc1. The fourth-order valence-electron chi connectivity index (χ4n) is 3.49. The predicted molar refractivity (Wildman–Crippen MR) is 122 cm³/mol. The highest BCUT2D eigenvalue weighted by Crippen LogP contribution is 2.35. The average Bonchev–Trinajstić information content (AvgIpc) is 2.82. The topological polar surface area (TPSA) is 52.6 Å². The highest BCUT2D eigenvalue weighted by atomic mass is 35.5. The molecule has 0 saturated heterocycles. The van der Waals surface area contributed by atoms with Crippen LogP contribution in [0, 0.1) is 5.92 Å². The van der Waals surface area contributed by atoms with Gasteiger partial charge in [0.2, 0.25) is 0 Å². The van der Waals surface area contributed by atoms with E-state index in [2.05, 4.69) is 0 Å². The highest BCUT2D eigenvalue weighted by Gasteiger charge is 2.37. The van der Waals surface area contributed by atoms with E-state index in [9.17, 15) is 9.59 Å². The van der Waals surface area contributed by atoms with Crippen LogP contribution in [0.1, 0.15) is 22.6 Å². The molecule has 0 saturated carbocycles. The molecule has 0 radical (unpaired) electrons. The van der Waals surface area contributed by atoms with E-state index in [0.29, 0.717) is 5.02 Å². The molecule has 0 heterocycles. The Morgan fingerprint density at radius 1 is 0.742 bits per heavy atom. The van der Waals surface area contributed by atoms with Crippen LogP contribution in [0.3, 0.4) is 0 Å². The Labute approximate surface area is 187 Å². The molecule has 0 aliphatic rings. The van der Waals surface area contributed by atoms with Crippen LogP contribution in [-0.2, 0) is 19.1 Å². The summed E-state index contributed by atoms with van der Waals surface area (Å²) in [6.07, 6.45) is 1.92. The number of ether oxygens (including phenoxy) is 2. The van der Waals surface area contributed by atoms with Crippen molar-refractivity contribution in [3.05, 3.63) is 113 Å². The number of carbonyl (C=O) groups excluding carboxylic acids is 2. The Kier molecular flexibility index (Phi) is 7.63. The number of carbonyl (C=O) groups is 2. The minimum atomic E-state index is -1.17. The number of benzene rings is 3. The normalized spacial score (nSPS) is 11.5. The maximum Gasteiger partial charge on any atom is 0.321 e. The molecular weight excluding hydrogens is 412 g/mol. The Morgan fingerprint density at radius 2 is 1.19 bits per heavy atom. The van der Waals surface area contributed by atoms with Gasteiger partial charge in [0.25, 0.3) is 0 Å². The molecule has 0 aliphatic heterocycles. The van der Waals surface area contributed by atoms with Gasteiger partial charge in [-0.3, -0.25) is 9.59 Å². The zero-order valence-corrected chi connectivity index (χ0v) is 18.1. The van der Waals surface area contributed by atoms with Crippen LogP contribution in [0.25, 0.3) is 5.57 Å². The van der Waals surface area contributed by atoms with E-state index < -0.39 is 23.8 Å². The Morgan fingerprint density at radius 3 is 1.61 bits per heavy atom. The van der Waals surface area contributed by atoms with Crippen LogP contribution in [0.4, 0.5) is 0 Å².